The lowest BCUT2D eigenvalue weighted by Gasteiger charge is -2.13. The minimum atomic E-state index is -0.445. The molecule has 39 heavy (non-hydrogen) atoms. The van der Waals surface area contributed by atoms with Gasteiger partial charge in [-0.05, 0) is 70.1 Å². The van der Waals surface area contributed by atoms with Crippen LogP contribution in [0.3, 0.4) is 0 Å². The zero-order valence-electron chi connectivity index (χ0n) is 21.7. The smallest absolute Gasteiger partial charge is 0.337 e. The van der Waals surface area contributed by atoms with Crippen LogP contribution in [0.15, 0.2) is 94.8 Å². The first kappa shape index (κ1) is 26.1. The molecule has 196 valence electrons. The second-order valence-corrected chi connectivity index (χ2v) is 9.76. The summed E-state index contributed by atoms with van der Waals surface area (Å²) in [5.41, 5.74) is 2.82. The Morgan fingerprint density at radius 1 is 0.949 bits per heavy atom. The summed E-state index contributed by atoms with van der Waals surface area (Å²) in [5, 5.41) is 2.82. The van der Waals surface area contributed by atoms with E-state index < -0.39 is 5.97 Å². The van der Waals surface area contributed by atoms with E-state index in [1.165, 1.54) is 23.8 Å². The number of hydrogen-bond donors (Lipinski definition) is 0. The number of nitrogens with zero attached hydrogens (tertiary/aromatic N) is 2. The standard InChI is InChI=1S/C31H26N2O5S/c1-33-29(34)28(39-31(33)32-24-12-7-10-22(18-24)30(35)37-3)17-20-14-15-26(27(16-20)36-2)38-19-23-11-6-9-21-8-4-5-13-25(21)23/h4-18H,19H2,1-3H3. The predicted octanol–water partition coefficient (Wildman–Crippen LogP) is 6.45. The first-order valence-electron chi connectivity index (χ1n) is 12.2. The van der Waals surface area contributed by atoms with Gasteiger partial charge < -0.3 is 14.2 Å². The molecule has 0 aliphatic carbocycles. The van der Waals surface area contributed by atoms with Crippen LogP contribution in [0, 0.1) is 0 Å². The number of esters is 1. The van der Waals surface area contributed by atoms with Crippen molar-refractivity contribution in [2.75, 3.05) is 21.3 Å². The SMILES string of the molecule is COC(=O)c1cccc(N=C2SC(=Cc3ccc(OCc4cccc5ccccc45)c(OC)c3)C(=O)N2C)c1. The van der Waals surface area contributed by atoms with Crippen molar-refractivity contribution in [1.29, 1.82) is 0 Å². The summed E-state index contributed by atoms with van der Waals surface area (Å²) in [5.74, 6) is 0.572. The first-order valence-corrected chi connectivity index (χ1v) is 13.0. The summed E-state index contributed by atoms with van der Waals surface area (Å²) >= 11 is 1.26. The number of amidine groups is 1. The summed E-state index contributed by atoms with van der Waals surface area (Å²) < 4.78 is 16.5. The van der Waals surface area contributed by atoms with E-state index in [4.69, 9.17) is 14.2 Å². The highest BCUT2D eigenvalue weighted by Gasteiger charge is 2.30. The minimum absolute atomic E-state index is 0.168. The zero-order valence-corrected chi connectivity index (χ0v) is 22.5. The van der Waals surface area contributed by atoms with Crippen LogP contribution in [0.25, 0.3) is 16.8 Å². The van der Waals surface area contributed by atoms with Gasteiger partial charge >= 0.3 is 5.97 Å². The van der Waals surface area contributed by atoms with E-state index in [1.807, 2.05) is 36.4 Å². The highest BCUT2D eigenvalue weighted by molar-refractivity contribution is 8.18. The Balaban J connectivity index is 1.34. The largest absolute Gasteiger partial charge is 0.493 e. The first-order chi connectivity index (χ1) is 19.0. The maximum atomic E-state index is 12.9. The van der Waals surface area contributed by atoms with Gasteiger partial charge in [-0.25, -0.2) is 9.79 Å². The molecule has 0 unspecified atom stereocenters. The van der Waals surface area contributed by atoms with Crippen molar-refractivity contribution in [3.63, 3.8) is 0 Å². The quantitative estimate of drug-likeness (QED) is 0.199. The molecule has 1 aliphatic rings. The van der Waals surface area contributed by atoms with E-state index in [0.29, 0.717) is 39.4 Å². The lowest BCUT2D eigenvalue weighted by atomic mass is 10.1. The van der Waals surface area contributed by atoms with E-state index in [9.17, 15) is 9.59 Å². The van der Waals surface area contributed by atoms with Crippen molar-refractivity contribution in [1.82, 2.24) is 4.90 Å². The van der Waals surface area contributed by atoms with Crippen molar-refractivity contribution in [2.24, 2.45) is 4.99 Å². The van der Waals surface area contributed by atoms with Gasteiger partial charge in [-0.2, -0.15) is 0 Å². The van der Waals surface area contributed by atoms with Crippen LogP contribution in [-0.2, 0) is 16.1 Å². The fraction of sp³-hybridized carbons (Fsp3) is 0.129. The van der Waals surface area contributed by atoms with Gasteiger partial charge in [0.1, 0.15) is 6.61 Å². The summed E-state index contributed by atoms with van der Waals surface area (Å²) in [6.07, 6.45) is 1.80. The van der Waals surface area contributed by atoms with Crippen LogP contribution in [0.1, 0.15) is 21.5 Å². The molecule has 1 aliphatic heterocycles. The molecule has 0 spiro atoms. The maximum absolute atomic E-state index is 12.9. The summed E-state index contributed by atoms with van der Waals surface area (Å²) in [6, 6.07) is 26.7. The molecular weight excluding hydrogens is 512 g/mol. The Labute approximate surface area is 230 Å². The molecule has 0 bridgehead atoms. The molecule has 0 saturated carbocycles. The third kappa shape index (κ3) is 5.66. The third-order valence-corrected chi connectivity index (χ3v) is 7.30. The van der Waals surface area contributed by atoms with Gasteiger partial charge in [-0.1, -0.05) is 54.6 Å². The van der Waals surface area contributed by atoms with Gasteiger partial charge in [0.2, 0.25) is 0 Å². The minimum Gasteiger partial charge on any atom is -0.493 e. The molecule has 5 rings (SSSR count). The van der Waals surface area contributed by atoms with Crippen molar-refractivity contribution in [3.8, 4) is 11.5 Å². The third-order valence-electron chi connectivity index (χ3n) is 6.24. The van der Waals surface area contributed by atoms with Crippen LogP contribution >= 0.6 is 11.8 Å². The summed E-state index contributed by atoms with van der Waals surface area (Å²) in [4.78, 5) is 31.4. The van der Waals surface area contributed by atoms with Crippen LogP contribution in [0.2, 0.25) is 0 Å². The molecule has 1 saturated heterocycles. The molecule has 4 aromatic carbocycles. The number of carbonyl (C=O) groups excluding carboxylic acids is 2. The number of methoxy groups -OCH3 is 2. The lowest BCUT2D eigenvalue weighted by Crippen LogP contribution is -2.23. The molecule has 4 aromatic rings. The van der Waals surface area contributed by atoms with Gasteiger partial charge in [-0.15, -0.1) is 0 Å². The number of amides is 1. The molecule has 1 fully saturated rings. The Morgan fingerprint density at radius 3 is 2.56 bits per heavy atom. The molecule has 7 nitrogen and oxygen atoms in total. The average Bonchev–Trinajstić information content (AvgIpc) is 3.23. The molecular formula is C31H26N2O5S. The number of thioether (sulfide) groups is 1. The van der Waals surface area contributed by atoms with E-state index in [2.05, 4.69) is 29.3 Å². The van der Waals surface area contributed by atoms with Crippen molar-refractivity contribution in [2.45, 2.75) is 6.61 Å². The molecule has 0 radical (unpaired) electrons. The number of ether oxygens (including phenoxy) is 3. The number of rotatable bonds is 7. The monoisotopic (exact) mass is 538 g/mol. The molecule has 0 N–H and O–H groups in total. The highest BCUT2D eigenvalue weighted by atomic mass is 32.2. The number of fused-ring (bicyclic) bond motifs is 1. The molecule has 0 aromatic heterocycles. The van der Waals surface area contributed by atoms with E-state index in [-0.39, 0.29) is 5.91 Å². The maximum Gasteiger partial charge on any atom is 0.337 e. The highest BCUT2D eigenvalue weighted by Crippen LogP contribution is 2.35. The molecule has 8 heteroatoms. The molecule has 1 heterocycles. The van der Waals surface area contributed by atoms with Crippen LogP contribution in [0.5, 0.6) is 11.5 Å². The van der Waals surface area contributed by atoms with E-state index >= 15 is 0 Å². The normalized spacial score (nSPS) is 15.3. The molecule has 0 atom stereocenters. The van der Waals surface area contributed by atoms with Crippen molar-refractivity contribution >= 4 is 51.3 Å². The summed E-state index contributed by atoms with van der Waals surface area (Å²) in [7, 11) is 4.59. The number of hydrogen-bond acceptors (Lipinski definition) is 7. The second-order valence-electron chi connectivity index (χ2n) is 8.75. The average molecular weight is 539 g/mol. The van der Waals surface area contributed by atoms with Gasteiger partial charge in [0.15, 0.2) is 16.7 Å². The van der Waals surface area contributed by atoms with E-state index in [0.717, 1.165) is 21.9 Å². The number of likely N-dealkylation sites (N-methyl/N-ethyl adjacent to an activating group) is 1. The van der Waals surface area contributed by atoms with Crippen molar-refractivity contribution in [3.05, 3.63) is 107 Å². The van der Waals surface area contributed by atoms with E-state index in [1.54, 1.807) is 44.5 Å². The number of aliphatic imine (C=N–C) groups is 1. The van der Waals surface area contributed by atoms with Gasteiger partial charge in [0, 0.05) is 7.05 Å². The number of carbonyl (C=O) groups is 2. The Morgan fingerprint density at radius 2 is 1.74 bits per heavy atom. The fourth-order valence-corrected chi connectivity index (χ4v) is 5.19. The van der Waals surface area contributed by atoms with Crippen LogP contribution in [-0.4, -0.2) is 43.2 Å². The van der Waals surface area contributed by atoms with Crippen LogP contribution in [0.4, 0.5) is 5.69 Å². The second kappa shape index (κ2) is 11.4. The van der Waals surface area contributed by atoms with Crippen LogP contribution < -0.4 is 9.47 Å². The predicted molar refractivity (Wildman–Crippen MR) is 154 cm³/mol. The fourth-order valence-electron chi connectivity index (χ4n) is 4.20. The van der Waals surface area contributed by atoms with Gasteiger partial charge in [-0.3, -0.25) is 9.69 Å². The Hall–Kier alpha value is -4.56. The zero-order chi connectivity index (χ0) is 27.4. The number of benzene rings is 4. The topological polar surface area (TPSA) is 77.4 Å². The van der Waals surface area contributed by atoms with Crippen molar-refractivity contribution < 1.29 is 23.8 Å². The lowest BCUT2D eigenvalue weighted by molar-refractivity contribution is -0.121. The van der Waals surface area contributed by atoms with Gasteiger partial charge in [0.25, 0.3) is 5.91 Å². The molecule has 1 amide bonds. The Kier molecular flexibility index (Phi) is 7.65. The Bertz CT molecular complexity index is 1620. The van der Waals surface area contributed by atoms with Gasteiger partial charge in [0.05, 0.1) is 30.4 Å². The summed E-state index contributed by atoms with van der Waals surface area (Å²) in [6.45, 7) is 0.397.